The van der Waals surface area contributed by atoms with E-state index in [0.717, 1.165) is 5.52 Å². The molecule has 1 aromatic carbocycles. The Kier molecular flexibility index (Phi) is 1.45. The van der Waals surface area contributed by atoms with Crippen LogP contribution >= 0.6 is 0 Å². The summed E-state index contributed by atoms with van der Waals surface area (Å²) >= 11 is 0. The third kappa shape index (κ3) is 1.06. The minimum atomic E-state index is -0.324. The summed E-state index contributed by atoms with van der Waals surface area (Å²) in [5.74, 6) is -0.324. The number of hydrogen-bond acceptors (Lipinski definition) is 2. The fraction of sp³-hybridized carbons (Fsp3) is 0. The summed E-state index contributed by atoms with van der Waals surface area (Å²) in [5, 5.41) is 4.66. The lowest BCUT2D eigenvalue weighted by Crippen LogP contribution is -2.09. The van der Waals surface area contributed by atoms with Crippen LogP contribution in [0.3, 0.4) is 0 Å². The zero-order valence-corrected chi connectivity index (χ0v) is 7.57. The van der Waals surface area contributed by atoms with Crippen LogP contribution in [-0.2, 0) is 0 Å². The highest BCUT2D eigenvalue weighted by Gasteiger charge is 2.06. The van der Waals surface area contributed by atoms with E-state index >= 15 is 0 Å². The van der Waals surface area contributed by atoms with Gasteiger partial charge in [0, 0.05) is 5.39 Å². The van der Waals surface area contributed by atoms with Gasteiger partial charge in [-0.3, -0.25) is 4.79 Å². The summed E-state index contributed by atoms with van der Waals surface area (Å²) in [4.78, 5) is 13.9. The van der Waals surface area contributed by atoms with E-state index in [-0.39, 0.29) is 11.4 Å². The maximum atomic E-state index is 13.0. The predicted octanol–water partition coefficient (Wildman–Crippen LogP) is 1.31. The van der Waals surface area contributed by atoms with Gasteiger partial charge in [-0.15, -0.1) is 0 Å². The Labute approximate surface area is 83.0 Å². The van der Waals surface area contributed by atoms with E-state index in [1.165, 1.54) is 23.0 Å². The Morgan fingerprint density at radius 2 is 2.13 bits per heavy atom. The van der Waals surface area contributed by atoms with Crippen LogP contribution in [0.15, 0.2) is 35.4 Å². The van der Waals surface area contributed by atoms with E-state index in [0.29, 0.717) is 10.9 Å². The minimum Gasteiger partial charge on any atom is -0.310 e. The first-order valence-electron chi connectivity index (χ1n) is 4.40. The van der Waals surface area contributed by atoms with Crippen LogP contribution in [0.4, 0.5) is 4.39 Å². The molecule has 0 saturated carbocycles. The van der Waals surface area contributed by atoms with Crippen molar-refractivity contribution >= 4 is 16.4 Å². The Balaban J connectivity index is 2.63. The molecule has 0 fully saturated rings. The van der Waals surface area contributed by atoms with Crippen molar-refractivity contribution < 1.29 is 4.39 Å². The molecule has 0 unspecified atom stereocenters. The molecule has 0 radical (unpaired) electrons. The quantitative estimate of drug-likeness (QED) is 0.599. The second-order valence-electron chi connectivity index (χ2n) is 3.26. The number of aromatic amines is 1. The van der Waals surface area contributed by atoms with Crippen LogP contribution in [0.1, 0.15) is 0 Å². The molecule has 2 aromatic heterocycles. The molecule has 1 N–H and O–H groups in total. The van der Waals surface area contributed by atoms with Crippen LogP contribution in [-0.4, -0.2) is 14.6 Å². The molecule has 0 bridgehead atoms. The van der Waals surface area contributed by atoms with Crippen molar-refractivity contribution in [3.63, 3.8) is 0 Å². The van der Waals surface area contributed by atoms with E-state index < -0.39 is 0 Å². The number of nitrogens with zero attached hydrogens (tertiary/aromatic N) is 2. The summed E-state index contributed by atoms with van der Waals surface area (Å²) < 4.78 is 14.4. The SMILES string of the molecule is O=c1[nH]cnn2c1cc1cc(F)ccc12. The molecule has 0 atom stereocenters. The molecular weight excluding hydrogens is 197 g/mol. The van der Waals surface area contributed by atoms with Gasteiger partial charge in [0.2, 0.25) is 0 Å². The summed E-state index contributed by atoms with van der Waals surface area (Å²) in [7, 11) is 0. The van der Waals surface area contributed by atoms with Gasteiger partial charge >= 0.3 is 0 Å². The molecule has 4 nitrogen and oxygen atoms in total. The van der Waals surface area contributed by atoms with Crippen molar-refractivity contribution in [3.8, 4) is 0 Å². The first kappa shape index (κ1) is 8.16. The van der Waals surface area contributed by atoms with E-state index in [1.54, 1.807) is 12.1 Å². The number of halogens is 1. The van der Waals surface area contributed by atoms with Gasteiger partial charge in [0.1, 0.15) is 17.7 Å². The van der Waals surface area contributed by atoms with Gasteiger partial charge < -0.3 is 4.98 Å². The van der Waals surface area contributed by atoms with Crippen LogP contribution in [0.5, 0.6) is 0 Å². The Hall–Kier alpha value is -2.17. The molecule has 0 aliphatic heterocycles. The summed E-state index contributed by atoms with van der Waals surface area (Å²) in [5.41, 5.74) is 0.900. The number of aromatic nitrogens is 3. The molecular formula is C10H6FN3O. The highest BCUT2D eigenvalue weighted by Crippen LogP contribution is 2.17. The number of H-pyrrole nitrogens is 1. The predicted molar refractivity (Wildman–Crippen MR) is 53.3 cm³/mol. The highest BCUT2D eigenvalue weighted by atomic mass is 19.1. The Morgan fingerprint density at radius 1 is 1.27 bits per heavy atom. The fourth-order valence-electron chi connectivity index (χ4n) is 1.68. The molecule has 0 saturated heterocycles. The zero-order chi connectivity index (χ0) is 10.4. The number of benzene rings is 1. The second kappa shape index (κ2) is 2.66. The minimum absolute atomic E-state index is 0.235. The van der Waals surface area contributed by atoms with Crippen LogP contribution < -0.4 is 5.56 Å². The lowest BCUT2D eigenvalue weighted by Gasteiger charge is -1.93. The maximum Gasteiger partial charge on any atom is 0.275 e. The van der Waals surface area contributed by atoms with Crippen LogP contribution in [0.25, 0.3) is 16.4 Å². The van der Waals surface area contributed by atoms with E-state index in [9.17, 15) is 9.18 Å². The highest BCUT2D eigenvalue weighted by molar-refractivity contribution is 5.86. The zero-order valence-electron chi connectivity index (χ0n) is 7.57. The fourth-order valence-corrected chi connectivity index (χ4v) is 1.68. The largest absolute Gasteiger partial charge is 0.310 e. The van der Waals surface area contributed by atoms with Gasteiger partial charge in [-0.2, -0.15) is 5.10 Å². The smallest absolute Gasteiger partial charge is 0.275 e. The number of rotatable bonds is 0. The van der Waals surface area contributed by atoms with Gasteiger partial charge in [-0.1, -0.05) is 0 Å². The lowest BCUT2D eigenvalue weighted by atomic mass is 10.2. The van der Waals surface area contributed by atoms with Crippen molar-refractivity contribution in [1.29, 1.82) is 0 Å². The molecule has 2 heterocycles. The van der Waals surface area contributed by atoms with Crippen LogP contribution in [0.2, 0.25) is 0 Å². The van der Waals surface area contributed by atoms with Crippen molar-refractivity contribution in [3.05, 3.63) is 46.8 Å². The van der Waals surface area contributed by atoms with Gasteiger partial charge in [0.25, 0.3) is 5.56 Å². The first-order chi connectivity index (χ1) is 7.25. The molecule has 3 aromatic rings. The summed E-state index contributed by atoms with van der Waals surface area (Å²) in [6, 6.07) is 5.94. The summed E-state index contributed by atoms with van der Waals surface area (Å²) in [6.45, 7) is 0. The number of nitrogens with one attached hydrogen (secondary N) is 1. The molecule has 15 heavy (non-hydrogen) atoms. The molecule has 0 aliphatic carbocycles. The topological polar surface area (TPSA) is 50.2 Å². The standard InChI is InChI=1S/C10H6FN3O/c11-7-1-2-8-6(3-7)4-9-10(15)12-5-13-14(8)9/h1-5H,(H,12,13,15). The van der Waals surface area contributed by atoms with Crippen molar-refractivity contribution in [2.75, 3.05) is 0 Å². The third-order valence-corrected chi connectivity index (χ3v) is 2.34. The van der Waals surface area contributed by atoms with Gasteiger partial charge in [-0.05, 0) is 24.3 Å². The molecule has 74 valence electrons. The molecule has 3 rings (SSSR count). The average Bonchev–Trinajstić information content (AvgIpc) is 2.57. The maximum absolute atomic E-state index is 13.0. The van der Waals surface area contributed by atoms with E-state index in [2.05, 4.69) is 10.1 Å². The normalized spacial score (nSPS) is 11.3. The van der Waals surface area contributed by atoms with Gasteiger partial charge in [0.05, 0.1) is 5.52 Å². The van der Waals surface area contributed by atoms with E-state index in [4.69, 9.17) is 0 Å². The number of fused-ring (bicyclic) bond motifs is 3. The molecule has 5 heteroatoms. The molecule has 0 aliphatic rings. The second-order valence-corrected chi connectivity index (χ2v) is 3.26. The lowest BCUT2D eigenvalue weighted by molar-refractivity contribution is 0.629. The van der Waals surface area contributed by atoms with Gasteiger partial charge in [0.15, 0.2) is 0 Å². The molecule has 0 amide bonds. The van der Waals surface area contributed by atoms with E-state index in [1.807, 2.05) is 0 Å². The van der Waals surface area contributed by atoms with Crippen molar-refractivity contribution in [2.24, 2.45) is 0 Å². The number of hydrogen-bond donors (Lipinski definition) is 1. The third-order valence-electron chi connectivity index (χ3n) is 2.34. The van der Waals surface area contributed by atoms with Crippen molar-refractivity contribution in [1.82, 2.24) is 14.6 Å². The van der Waals surface area contributed by atoms with Gasteiger partial charge in [-0.25, -0.2) is 8.91 Å². The Morgan fingerprint density at radius 3 is 3.00 bits per heavy atom. The average molecular weight is 203 g/mol. The molecule has 0 spiro atoms. The first-order valence-corrected chi connectivity index (χ1v) is 4.40. The van der Waals surface area contributed by atoms with Crippen LogP contribution in [0, 0.1) is 5.82 Å². The van der Waals surface area contributed by atoms with Crippen molar-refractivity contribution in [2.45, 2.75) is 0 Å². The summed E-state index contributed by atoms with van der Waals surface area (Å²) in [6.07, 6.45) is 1.32. The monoisotopic (exact) mass is 203 g/mol. The Bertz CT molecular complexity index is 713.